The fraction of sp³-hybridized carbons (Fsp3) is 0.595. The highest BCUT2D eigenvalue weighted by Crippen LogP contribution is 2.66. The lowest BCUT2D eigenvalue weighted by Crippen LogP contribution is -2.57. The van der Waals surface area contributed by atoms with E-state index in [1.807, 2.05) is 20.8 Å². The Morgan fingerprint density at radius 1 is 1.00 bits per heavy atom. The number of carbonyl (C=O) groups excluding carboxylic acids is 3. The third kappa shape index (κ3) is 4.09. The summed E-state index contributed by atoms with van der Waals surface area (Å²) in [5.74, 6) is 0.768. The van der Waals surface area contributed by atoms with Gasteiger partial charge in [-0.2, -0.15) is 0 Å². The number of Topliss-reactive ketones (excluding diaryl/α,β-unsaturated/α-hetero) is 3. The molecule has 0 amide bonds. The van der Waals surface area contributed by atoms with E-state index < -0.39 is 5.41 Å². The number of benzene rings is 1. The maximum absolute atomic E-state index is 14.8. The molecule has 0 N–H and O–H groups in total. The van der Waals surface area contributed by atoms with Gasteiger partial charge in [-0.05, 0) is 106 Å². The minimum atomic E-state index is -0.872. The van der Waals surface area contributed by atoms with Crippen LogP contribution < -0.4 is 0 Å². The molecule has 3 nitrogen and oxygen atoms in total. The average molecular weight is 541 g/mol. The average Bonchev–Trinajstić information content (AvgIpc) is 2.85. The summed E-state index contributed by atoms with van der Waals surface area (Å²) in [6.45, 7) is 18.5. The van der Waals surface area contributed by atoms with Gasteiger partial charge in [0.05, 0.1) is 11.0 Å². The molecule has 0 spiro atoms. The molecule has 214 valence electrons. The summed E-state index contributed by atoms with van der Waals surface area (Å²) in [6.07, 6.45) is 13.4. The van der Waals surface area contributed by atoms with Crippen LogP contribution in [0.3, 0.4) is 0 Å². The van der Waals surface area contributed by atoms with Crippen LogP contribution in [0.1, 0.15) is 139 Å². The molecule has 4 aliphatic carbocycles. The Bertz CT molecular complexity index is 1410. The number of fused-ring (bicyclic) bond motifs is 3. The number of carbonyl (C=O) groups is 3. The minimum absolute atomic E-state index is 0.0966. The summed E-state index contributed by atoms with van der Waals surface area (Å²) in [6, 6.07) is 2.35. The Balaban J connectivity index is 1.70. The largest absolute Gasteiger partial charge is 0.294 e. The number of allylic oxidation sites excluding steroid dienone is 5. The summed E-state index contributed by atoms with van der Waals surface area (Å²) < 4.78 is 0. The third-order valence-electron chi connectivity index (χ3n) is 11.4. The molecular weight excluding hydrogens is 492 g/mol. The molecule has 4 aliphatic rings. The highest BCUT2D eigenvalue weighted by molar-refractivity contribution is 6.24. The Labute approximate surface area is 241 Å². The first kappa shape index (κ1) is 29.0. The summed E-state index contributed by atoms with van der Waals surface area (Å²) in [7, 11) is 0. The molecule has 0 aliphatic heterocycles. The molecule has 5 rings (SSSR count). The van der Waals surface area contributed by atoms with Crippen molar-refractivity contribution in [2.24, 2.45) is 22.2 Å². The molecule has 1 fully saturated rings. The van der Waals surface area contributed by atoms with Crippen molar-refractivity contribution in [2.45, 2.75) is 120 Å². The van der Waals surface area contributed by atoms with Crippen LogP contribution in [0.4, 0.5) is 0 Å². The zero-order valence-electron chi connectivity index (χ0n) is 26.3. The van der Waals surface area contributed by atoms with Gasteiger partial charge in [0.15, 0.2) is 17.3 Å². The van der Waals surface area contributed by atoms with Crippen molar-refractivity contribution in [1.82, 2.24) is 0 Å². The molecule has 3 unspecified atom stereocenters. The second-order valence-electron chi connectivity index (χ2n) is 14.6. The molecule has 0 radical (unpaired) electrons. The third-order valence-corrected chi connectivity index (χ3v) is 11.4. The van der Waals surface area contributed by atoms with Crippen LogP contribution >= 0.6 is 0 Å². The van der Waals surface area contributed by atoms with Crippen molar-refractivity contribution in [3.63, 3.8) is 0 Å². The van der Waals surface area contributed by atoms with E-state index in [-0.39, 0.29) is 28.2 Å². The summed E-state index contributed by atoms with van der Waals surface area (Å²) in [4.78, 5) is 41.5. The SMILES string of the molecule is CC(=O)C1=C(C)CC2(C)CC3(C)Cc4c(C(C)C)cc(/C=C/C5CCCCC5)c(C)c4C(=O)C3=C(C)C2(C)C1=O. The summed E-state index contributed by atoms with van der Waals surface area (Å²) in [5.41, 5.74) is 6.92. The first-order chi connectivity index (χ1) is 18.7. The summed E-state index contributed by atoms with van der Waals surface area (Å²) in [5, 5.41) is 0. The molecule has 0 aromatic heterocycles. The molecule has 3 atom stereocenters. The van der Waals surface area contributed by atoms with Crippen molar-refractivity contribution in [1.29, 1.82) is 0 Å². The minimum Gasteiger partial charge on any atom is -0.294 e. The van der Waals surface area contributed by atoms with E-state index in [1.54, 1.807) is 0 Å². The molecule has 1 aromatic carbocycles. The molecule has 0 heterocycles. The van der Waals surface area contributed by atoms with Crippen LogP contribution in [-0.4, -0.2) is 17.3 Å². The molecule has 0 saturated heterocycles. The number of hydrogen-bond donors (Lipinski definition) is 0. The maximum atomic E-state index is 14.8. The van der Waals surface area contributed by atoms with E-state index in [1.165, 1.54) is 50.2 Å². The van der Waals surface area contributed by atoms with Crippen molar-refractivity contribution in [3.05, 3.63) is 62.3 Å². The summed E-state index contributed by atoms with van der Waals surface area (Å²) >= 11 is 0. The van der Waals surface area contributed by atoms with E-state index in [4.69, 9.17) is 0 Å². The lowest BCUT2D eigenvalue weighted by molar-refractivity contribution is -0.134. The second kappa shape index (κ2) is 9.78. The first-order valence-corrected chi connectivity index (χ1v) is 15.5. The van der Waals surface area contributed by atoms with E-state index in [0.29, 0.717) is 23.8 Å². The first-order valence-electron chi connectivity index (χ1n) is 15.5. The van der Waals surface area contributed by atoms with Crippen molar-refractivity contribution < 1.29 is 14.4 Å². The number of hydrogen-bond acceptors (Lipinski definition) is 3. The van der Waals surface area contributed by atoms with E-state index in [2.05, 4.69) is 52.8 Å². The standard InChI is InChI=1S/C37H48O3/c1-21(2)28-17-27(16-15-26-13-11-10-12-14-26)23(4)31-29(28)19-35(7)20-36(8)18-22(3)30(25(6)38)34(40)37(36,9)24(5)32(35)33(31)39/h15-17,21,26H,10-14,18-20H2,1-9H3/b16-15+. The molecule has 1 saturated carbocycles. The normalized spacial score (nSPS) is 31.1. The number of ketones is 3. The molecule has 0 bridgehead atoms. The van der Waals surface area contributed by atoms with Gasteiger partial charge in [0, 0.05) is 16.6 Å². The van der Waals surface area contributed by atoms with Crippen LogP contribution in [0.5, 0.6) is 0 Å². The van der Waals surface area contributed by atoms with E-state index in [0.717, 1.165) is 46.3 Å². The van der Waals surface area contributed by atoms with Crippen LogP contribution in [-0.2, 0) is 16.0 Å². The van der Waals surface area contributed by atoms with Gasteiger partial charge in [-0.15, -0.1) is 0 Å². The predicted octanol–water partition coefficient (Wildman–Crippen LogP) is 9.07. The van der Waals surface area contributed by atoms with Gasteiger partial charge in [0.2, 0.25) is 0 Å². The molecule has 3 heteroatoms. The van der Waals surface area contributed by atoms with Crippen molar-refractivity contribution >= 4 is 23.4 Å². The second-order valence-corrected chi connectivity index (χ2v) is 14.6. The van der Waals surface area contributed by atoms with Crippen LogP contribution in [0, 0.1) is 29.1 Å². The lowest BCUT2D eigenvalue weighted by Gasteiger charge is -2.59. The van der Waals surface area contributed by atoms with Gasteiger partial charge in [-0.3, -0.25) is 14.4 Å². The topological polar surface area (TPSA) is 51.2 Å². The van der Waals surface area contributed by atoms with Crippen molar-refractivity contribution in [2.75, 3.05) is 0 Å². The van der Waals surface area contributed by atoms with E-state index >= 15 is 0 Å². The van der Waals surface area contributed by atoms with Crippen LogP contribution in [0.25, 0.3) is 6.08 Å². The van der Waals surface area contributed by atoms with Crippen LogP contribution in [0.2, 0.25) is 0 Å². The predicted molar refractivity (Wildman–Crippen MR) is 164 cm³/mol. The Morgan fingerprint density at radius 2 is 1.65 bits per heavy atom. The molecular formula is C37H48O3. The highest BCUT2D eigenvalue weighted by Gasteiger charge is 2.63. The van der Waals surface area contributed by atoms with E-state index in [9.17, 15) is 14.4 Å². The Kier molecular flexibility index (Phi) is 7.08. The Hall–Kier alpha value is -2.55. The van der Waals surface area contributed by atoms with Gasteiger partial charge in [0.25, 0.3) is 0 Å². The van der Waals surface area contributed by atoms with Gasteiger partial charge in [-0.1, -0.05) is 76.3 Å². The fourth-order valence-electron chi connectivity index (χ4n) is 9.28. The zero-order valence-corrected chi connectivity index (χ0v) is 26.3. The molecule has 40 heavy (non-hydrogen) atoms. The quantitative estimate of drug-likeness (QED) is 0.358. The van der Waals surface area contributed by atoms with Crippen LogP contribution in [0.15, 0.2) is 34.4 Å². The molecule has 1 aromatic rings. The van der Waals surface area contributed by atoms with Gasteiger partial charge in [0.1, 0.15) is 0 Å². The van der Waals surface area contributed by atoms with Gasteiger partial charge < -0.3 is 0 Å². The lowest BCUT2D eigenvalue weighted by atomic mass is 9.42. The highest BCUT2D eigenvalue weighted by atomic mass is 16.2. The van der Waals surface area contributed by atoms with Crippen molar-refractivity contribution in [3.8, 4) is 0 Å². The monoisotopic (exact) mass is 540 g/mol. The van der Waals surface area contributed by atoms with Gasteiger partial charge in [-0.25, -0.2) is 0 Å². The zero-order chi connectivity index (χ0) is 29.4. The van der Waals surface area contributed by atoms with Gasteiger partial charge >= 0.3 is 0 Å². The Morgan fingerprint density at radius 3 is 2.25 bits per heavy atom. The smallest absolute Gasteiger partial charge is 0.190 e. The number of rotatable bonds is 4. The maximum Gasteiger partial charge on any atom is 0.190 e. The fourth-order valence-corrected chi connectivity index (χ4v) is 9.28.